The zero-order valence-corrected chi connectivity index (χ0v) is 18.4. The van der Waals surface area contributed by atoms with Crippen LogP contribution in [0.5, 0.6) is 0 Å². The van der Waals surface area contributed by atoms with Crippen molar-refractivity contribution in [2.75, 3.05) is 17.9 Å². The first-order valence-electron chi connectivity index (χ1n) is 9.41. The first-order chi connectivity index (χ1) is 14.3. The van der Waals surface area contributed by atoms with Gasteiger partial charge in [0, 0.05) is 13.6 Å². The van der Waals surface area contributed by atoms with Gasteiger partial charge in [-0.25, -0.2) is 8.42 Å². The molecule has 0 aromatic heterocycles. The maximum absolute atomic E-state index is 13.4. The molecule has 0 N–H and O–H groups in total. The smallest absolute Gasteiger partial charge is 0.264 e. The van der Waals surface area contributed by atoms with E-state index in [0.29, 0.717) is 6.54 Å². The van der Waals surface area contributed by atoms with Crippen molar-refractivity contribution < 1.29 is 13.2 Å². The molecule has 5 nitrogen and oxygen atoms in total. The van der Waals surface area contributed by atoms with E-state index >= 15 is 0 Å². The fraction of sp³-hybridized carbons (Fsp3) is 0.174. The van der Waals surface area contributed by atoms with Gasteiger partial charge in [0.05, 0.1) is 15.6 Å². The Morgan fingerprint density at radius 2 is 1.50 bits per heavy atom. The highest BCUT2D eigenvalue weighted by Gasteiger charge is 2.29. The van der Waals surface area contributed by atoms with Crippen molar-refractivity contribution in [3.8, 4) is 0 Å². The summed E-state index contributed by atoms with van der Waals surface area (Å²) in [5.41, 5.74) is 2.16. The highest BCUT2D eigenvalue weighted by Crippen LogP contribution is 2.30. The van der Waals surface area contributed by atoms with E-state index in [2.05, 4.69) is 0 Å². The number of halogens is 1. The van der Waals surface area contributed by atoms with E-state index in [1.165, 1.54) is 17.0 Å². The van der Waals surface area contributed by atoms with Crippen LogP contribution in [0.15, 0.2) is 83.8 Å². The topological polar surface area (TPSA) is 57.7 Å². The first-order valence-corrected chi connectivity index (χ1v) is 11.2. The highest BCUT2D eigenvalue weighted by molar-refractivity contribution is 7.92. The standard InChI is InChI=1S/C23H23ClN2O3S/c1-18-12-14-20(15-13-18)30(28,29)26(22-11-7-6-10-21(22)24)17-23(27)25(2)16-19-8-4-3-5-9-19/h3-15H,16-17H2,1-2H3. The third-order valence-electron chi connectivity index (χ3n) is 4.70. The van der Waals surface area contributed by atoms with Crippen LogP contribution >= 0.6 is 11.6 Å². The van der Waals surface area contributed by atoms with Gasteiger partial charge in [0.1, 0.15) is 6.54 Å². The van der Waals surface area contributed by atoms with E-state index in [9.17, 15) is 13.2 Å². The van der Waals surface area contributed by atoms with E-state index in [4.69, 9.17) is 11.6 Å². The van der Waals surface area contributed by atoms with Gasteiger partial charge in [-0.05, 0) is 36.8 Å². The van der Waals surface area contributed by atoms with Crippen LogP contribution in [0.2, 0.25) is 5.02 Å². The van der Waals surface area contributed by atoms with Gasteiger partial charge < -0.3 is 4.90 Å². The van der Waals surface area contributed by atoms with E-state index < -0.39 is 10.0 Å². The van der Waals surface area contributed by atoms with Crippen LogP contribution in [0.25, 0.3) is 0 Å². The van der Waals surface area contributed by atoms with E-state index in [1.807, 2.05) is 37.3 Å². The molecule has 1 amide bonds. The maximum atomic E-state index is 13.4. The summed E-state index contributed by atoms with van der Waals surface area (Å²) in [4.78, 5) is 14.6. The van der Waals surface area contributed by atoms with E-state index in [-0.39, 0.29) is 28.1 Å². The molecule has 0 aliphatic carbocycles. The van der Waals surface area contributed by atoms with Crippen LogP contribution in [0.1, 0.15) is 11.1 Å². The predicted molar refractivity (Wildman–Crippen MR) is 120 cm³/mol. The average molecular weight is 443 g/mol. The normalized spacial score (nSPS) is 11.2. The quantitative estimate of drug-likeness (QED) is 0.541. The first kappa shape index (κ1) is 21.9. The molecule has 0 saturated carbocycles. The van der Waals surface area contributed by atoms with Crippen LogP contribution < -0.4 is 4.31 Å². The van der Waals surface area contributed by atoms with Gasteiger partial charge >= 0.3 is 0 Å². The van der Waals surface area contributed by atoms with Crippen molar-refractivity contribution in [3.05, 3.63) is 95.0 Å². The molecule has 0 saturated heterocycles. The zero-order chi connectivity index (χ0) is 21.7. The molecule has 7 heteroatoms. The summed E-state index contributed by atoms with van der Waals surface area (Å²) in [6, 6.07) is 22.6. The predicted octanol–water partition coefficient (Wildman–Crippen LogP) is 4.50. The highest BCUT2D eigenvalue weighted by atomic mass is 35.5. The van der Waals surface area contributed by atoms with Gasteiger partial charge in [-0.3, -0.25) is 9.10 Å². The van der Waals surface area contributed by atoms with Crippen LogP contribution in [-0.4, -0.2) is 32.8 Å². The van der Waals surface area contributed by atoms with Gasteiger partial charge in [-0.1, -0.05) is 71.8 Å². The van der Waals surface area contributed by atoms with Crippen molar-refractivity contribution in [1.29, 1.82) is 0 Å². The minimum absolute atomic E-state index is 0.103. The Hall–Kier alpha value is -2.83. The fourth-order valence-corrected chi connectivity index (χ4v) is 4.70. The Balaban J connectivity index is 1.93. The molecule has 0 spiro atoms. The van der Waals surface area contributed by atoms with Crippen molar-refractivity contribution in [3.63, 3.8) is 0 Å². The number of anilines is 1. The second-order valence-corrected chi connectivity index (χ2v) is 9.28. The fourth-order valence-electron chi connectivity index (χ4n) is 2.98. The molecule has 3 aromatic carbocycles. The largest absolute Gasteiger partial charge is 0.340 e. The number of hydrogen-bond donors (Lipinski definition) is 0. The molecule has 0 aliphatic rings. The summed E-state index contributed by atoms with van der Waals surface area (Å²) in [6.07, 6.45) is 0. The number of likely N-dealkylation sites (N-methyl/N-ethyl adjacent to an activating group) is 1. The van der Waals surface area contributed by atoms with Crippen LogP contribution in [-0.2, 0) is 21.4 Å². The Morgan fingerprint density at radius 3 is 2.13 bits per heavy atom. The van der Waals surface area contributed by atoms with Crippen LogP contribution in [0.3, 0.4) is 0 Å². The van der Waals surface area contributed by atoms with Crippen LogP contribution in [0.4, 0.5) is 5.69 Å². The molecular weight excluding hydrogens is 420 g/mol. The number of rotatable bonds is 7. The van der Waals surface area contributed by atoms with Crippen molar-refractivity contribution in [2.24, 2.45) is 0 Å². The minimum Gasteiger partial charge on any atom is -0.340 e. The molecule has 0 atom stereocenters. The zero-order valence-electron chi connectivity index (χ0n) is 16.8. The lowest BCUT2D eigenvalue weighted by Gasteiger charge is -2.27. The number of sulfonamides is 1. The molecule has 0 fully saturated rings. The minimum atomic E-state index is -3.99. The number of amides is 1. The number of aryl methyl sites for hydroxylation is 1. The molecule has 3 aromatic rings. The third kappa shape index (κ3) is 5.01. The summed E-state index contributed by atoms with van der Waals surface area (Å²) in [5, 5.41) is 0.256. The molecule has 0 heterocycles. The van der Waals surface area contributed by atoms with E-state index in [0.717, 1.165) is 15.4 Å². The number of para-hydroxylation sites is 1. The number of hydrogen-bond acceptors (Lipinski definition) is 3. The van der Waals surface area contributed by atoms with Crippen molar-refractivity contribution in [2.45, 2.75) is 18.4 Å². The van der Waals surface area contributed by atoms with Gasteiger partial charge in [0.2, 0.25) is 5.91 Å². The number of benzene rings is 3. The lowest BCUT2D eigenvalue weighted by Crippen LogP contribution is -2.41. The molecular formula is C23H23ClN2O3S. The van der Waals surface area contributed by atoms with Gasteiger partial charge in [0.25, 0.3) is 10.0 Å². The summed E-state index contributed by atoms with van der Waals surface area (Å²) in [6.45, 7) is 1.90. The molecule has 0 radical (unpaired) electrons. The second-order valence-electron chi connectivity index (χ2n) is 7.01. The van der Waals surface area contributed by atoms with Crippen molar-refractivity contribution in [1.82, 2.24) is 4.90 Å². The van der Waals surface area contributed by atoms with Crippen molar-refractivity contribution >= 4 is 33.2 Å². The summed E-state index contributed by atoms with van der Waals surface area (Å²) < 4.78 is 27.9. The number of carbonyl (C=O) groups excluding carboxylic acids is 1. The molecule has 30 heavy (non-hydrogen) atoms. The lowest BCUT2D eigenvalue weighted by atomic mass is 10.2. The molecule has 156 valence electrons. The summed E-state index contributed by atoms with van der Waals surface area (Å²) in [7, 11) is -2.34. The molecule has 0 aliphatic heterocycles. The maximum Gasteiger partial charge on any atom is 0.264 e. The Morgan fingerprint density at radius 1 is 0.900 bits per heavy atom. The molecule has 0 unspecified atom stereocenters. The SMILES string of the molecule is Cc1ccc(S(=O)(=O)N(CC(=O)N(C)Cc2ccccc2)c2ccccc2Cl)cc1. The second kappa shape index (κ2) is 9.32. The number of carbonyl (C=O) groups is 1. The van der Waals surface area contributed by atoms with E-state index in [1.54, 1.807) is 43.4 Å². The Labute approximate surface area is 182 Å². The monoisotopic (exact) mass is 442 g/mol. The average Bonchev–Trinajstić information content (AvgIpc) is 2.73. The lowest BCUT2D eigenvalue weighted by molar-refractivity contribution is -0.128. The third-order valence-corrected chi connectivity index (χ3v) is 6.79. The molecule has 3 rings (SSSR count). The van der Waals surface area contributed by atoms with Gasteiger partial charge in [-0.2, -0.15) is 0 Å². The summed E-state index contributed by atoms with van der Waals surface area (Å²) in [5.74, 6) is -0.338. The Bertz CT molecular complexity index is 1120. The Kier molecular flexibility index (Phi) is 6.80. The van der Waals surface area contributed by atoms with Crippen LogP contribution in [0, 0.1) is 6.92 Å². The van der Waals surface area contributed by atoms with Gasteiger partial charge in [0.15, 0.2) is 0 Å². The van der Waals surface area contributed by atoms with Gasteiger partial charge in [-0.15, -0.1) is 0 Å². The molecule has 0 bridgehead atoms. The summed E-state index contributed by atoms with van der Waals surface area (Å²) >= 11 is 6.30. The number of nitrogens with zero attached hydrogens (tertiary/aromatic N) is 2.